The lowest BCUT2D eigenvalue weighted by Gasteiger charge is -2.13. The predicted octanol–water partition coefficient (Wildman–Crippen LogP) is 2.23. The Morgan fingerprint density at radius 3 is 2.62 bits per heavy atom. The van der Waals surface area contributed by atoms with Gasteiger partial charge in [0.25, 0.3) is 0 Å². The monoisotopic (exact) mass is 324 g/mol. The Hall–Kier alpha value is -1.70. The fraction of sp³-hybridized carbons (Fsp3) is 0.500. The van der Waals surface area contributed by atoms with Crippen LogP contribution in [0.5, 0.6) is 5.88 Å². The molecule has 5 nitrogen and oxygen atoms in total. The minimum absolute atomic E-state index is 0.233. The van der Waals surface area contributed by atoms with Gasteiger partial charge in [0.2, 0.25) is 5.88 Å². The van der Waals surface area contributed by atoms with Crippen LogP contribution in [0.4, 0.5) is 13.2 Å². The summed E-state index contributed by atoms with van der Waals surface area (Å²) in [6.45, 7) is 0.424. The molecular weight excluding hydrogens is 309 g/mol. The first-order chi connectivity index (χ1) is 9.90. The Labute approximate surface area is 125 Å². The maximum absolute atomic E-state index is 12.0. The van der Waals surface area contributed by atoms with E-state index in [0.29, 0.717) is 17.4 Å². The summed E-state index contributed by atoms with van der Waals surface area (Å²) in [7, 11) is 1.48. The van der Waals surface area contributed by atoms with Crippen molar-refractivity contribution in [2.24, 2.45) is 4.99 Å². The molecule has 0 saturated heterocycles. The van der Waals surface area contributed by atoms with Gasteiger partial charge in [0, 0.05) is 25.9 Å². The van der Waals surface area contributed by atoms with E-state index in [0.717, 1.165) is 0 Å². The van der Waals surface area contributed by atoms with Crippen LogP contribution < -0.4 is 15.4 Å². The number of ether oxygens (including phenoxy) is 1. The van der Waals surface area contributed by atoms with E-state index >= 15 is 0 Å². The molecular formula is C12H16ClF3N4O. The second kappa shape index (κ2) is 8.56. The Morgan fingerprint density at radius 2 is 2.05 bits per heavy atom. The van der Waals surface area contributed by atoms with Gasteiger partial charge < -0.3 is 15.4 Å². The van der Waals surface area contributed by atoms with E-state index in [9.17, 15) is 13.2 Å². The molecule has 0 spiro atoms. The SMILES string of the molecule is CN=C(NCCOc1ccc(Cl)cn1)NCCC(F)(F)F. The summed E-state index contributed by atoms with van der Waals surface area (Å²) >= 11 is 5.68. The van der Waals surface area contributed by atoms with E-state index < -0.39 is 12.6 Å². The number of nitrogens with one attached hydrogen (secondary N) is 2. The number of hydrogen-bond acceptors (Lipinski definition) is 3. The highest BCUT2D eigenvalue weighted by Gasteiger charge is 2.26. The van der Waals surface area contributed by atoms with Crippen molar-refractivity contribution < 1.29 is 17.9 Å². The van der Waals surface area contributed by atoms with Crippen LogP contribution in [-0.4, -0.2) is 43.9 Å². The molecule has 0 aliphatic rings. The highest BCUT2D eigenvalue weighted by molar-refractivity contribution is 6.30. The standard InChI is InChI=1S/C12H16ClF3N4O/c1-17-11(18-5-4-12(14,15)16)19-6-7-21-10-3-2-9(13)8-20-10/h2-3,8H,4-7H2,1H3,(H2,17,18,19). The van der Waals surface area contributed by atoms with E-state index in [1.807, 2.05) is 0 Å². The number of hydrogen-bond donors (Lipinski definition) is 2. The van der Waals surface area contributed by atoms with Crippen molar-refractivity contribution in [3.05, 3.63) is 23.4 Å². The summed E-state index contributed by atoms with van der Waals surface area (Å²) in [5.41, 5.74) is 0. The highest BCUT2D eigenvalue weighted by atomic mass is 35.5. The Bertz CT molecular complexity index is 451. The van der Waals surface area contributed by atoms with E-state index in [2.05, 4.69) is 20.6 Å². The molecule has 2 N–H and O–H groups in total. The number of pyridine rings is 1. The van der Waals surface area contributed by atoms with Gasteiger partial charge in [-0.05, 0) is 6.07 Å². The smallest absolute Gasteiger partial charge is 0.390 e. The van der Waals surface area contributed by atoms with Crippen molar-refractivity contribution in [3.8, 4) is 5.88 Å². The van der Waals surface area contributed by atoms with E-state index in [1.165, 1.54) is 13.2 Å². The second-order valence-electron chi connectivity index (χ2n) is 3.95. The first kappa shape index (κ1) is 17.4. The number of aromatic nitrogens is 1. The van der Waals surface area contributed by atoms with Crippen LogP contribution in [0.15, 0.2) is 23.3 Å². The molecule has 1 aromatic heterocycles. The van der Waals surface area contributed by atoms with Crippen LogP contribution in [0.25, 0.3) is 0 Å². The number of rotatable bonds is 6. The molecule has 0 aliphatic carbocycles. The molecule has 0 fully saturated rings. The van der Waals surface area contributed by atoms with Crippen LogP contribution >= 0.6 is 11.6 Å². The Kier molecular flexibility index (Phi) is 7.07. The molecule has 0 aromatic carbocycles. The minimum Gasteiger partial charge on any atom is -0.476 e. The number of halogens is 4. The van der Waals surface area contributed by atoms with Gasteiger partial charge in [-0.1, -0.05) is 11.6 Å². The Morgan fingerprint density at radius 1 is 1.33 bits per heavy atom. The van der Waals surface area contributed by atoms with Crippen molar-refractivity contribution in [2.45, 2.75) is 12.6 Å². The van der Waals surface area contributed by atoms with Crippen LogP contribution in [-0.2, 0) is 0 Å². The molecule has 1 heterocycles. The molecule has 0 saturated carbocycles. The first-order valence-electron chi connectivity index (χ1n) is 6.16. The fourth-order valence-electron chi connectivity index (χ4n) is 1.32. The van der Waals surface area contributed by atoms with Crippen molar-refractivity contribution in [2.75, 3.05) is 26.7 Å². The lowest BCUT2D eigenvalue weighted by Crippen LogP contribution is -2.40. The third-order valence-corrected chi connectivity index (χ3v) is 2.49. The van der Waals surface area contributed by atoms with Crippen LogP contribution in [0.3, 0.4) is 0 Å². The summed E-state index contributed by atoms with van der Waals surface area (Å²) in [5, 5.41) is 5.90. The second-order valence-corrected chi connectivity index (χ2v) is 4.39. The van der Waals surface area contributed by atoms with Crippen LogP contribution in [0, 0.1) is 0 Å². The largest absolute Gasteiger partial charge is 0.476 e. The van der Waals surface area contributed by atoms with E-state index in [4.69, 9.17) is 16.3 Å². The topological polar surface area (TPSA) is 58.5 Å². The maximum Gasteiger partial charge on any atom is 0.390 e. The highest BCUT2D eigenvalue weighted by Crippen LogP contribution is 2.18. The van der Waals surface area contributed by atoms with Crippen molar-refractivity contribution in [1.82, 2.24) is 15.6 Å². The Balaban J connectivity index is 2.19. The molecule has 9 heteroatoms. The van der Waals surface area contributed by atoms with Gasteiger partial charge in [-0.2, -0.15) is 13.2 Å². The van der Waals surface area contributed by atoms with Gasteiger partial charge in [-0.3, -0.25) is 4.99 Å². The average molecular weight is 325 g/mol. The summed E-state index contributed by atoms with van der Waals surface area (Å²) in [4.78, 5) is 7.74. The van der Waals surface area contributed by atoms with Gasteiger partial charge in [0.05, 0.1) is 18.0 Å². The molecule has 0 bridgehead atoms. The van der Waals surface area contributed by atoms with Crippen LogP contribution in [0.2, 0.25) is 5.02 Å². The number of nitrogens with zero attached hydrogens (tertiary/aromatic N) is 2. The molecule has 0 aliphatic heterocycles. The summed E-state index contributed by atoms with van der Waals surface area (Å²) < 4.78 is 41.3. The summed E-state index contributed by atoms with van der Waals surface area (Å²) in [6.07, 6.45) is -3.64. The van der Waals surface area contributed by atoms with Crippen molar-refractivity contribution in [3.63, 3.8) is 0 Å². The van der Waals surface area contributed by atoms with Gasteiger partial charge in [-0.25, -0.2) is 4.98 Å². The minimum atomic E-state index is -4.19. The number of alkyl halides is 3. The average Bonchev–Trinajstić information content (AvgIpc) is 2.42. The molecule has 118 valence electrons. The third-order valence-electron chi connectivity index (χ3n) is 2.27. The zero-order valence-electron chi connectivity index (χ0n) is 11.4. The van der Waals surface area contributed by atoms with Gasteiger partial charge >= 0.3 is 6.18 Å². The molecule has 0 unspecified atom stereocenters. The van der Waals surface area contributed by atoms with Gasteiger partial charge in [-0.15, -0.1) is 0 Å². The number of aliphatic imine (C=N–C) groups is 1. The molecule has 0 radical (unpaired) electrons. The molecule has 0 atom stereocenters. The van der Waals surface area contributed by atoms with Gasteiger partial charge in [0.1, 0.15) is 6.61 Å². The third kappa shape index (κ3) is 8.23. The van der Waals surface area contributed by atoms with Crippen molar-refractivity contribution >= 4 is 17.6 Å². The molecule has 0 amide bonds. The zero-order valence-corrected chi connectivity index (χ0v) is 12.1. The maximum atomic E-state index is 12.0. The molecule has 1 rings (SSSR count). The lowest BCUT2D eigenvalue weighted by atomic mass is 10.4. The summed E-state index contributed by atoms with van der Waals surface area (Å²) in [6, 6.07) is 3.27. The predicted molar refractivity (Wildman–Crippen MR) is 74.8 cm³/mol. The van der Waals surface area contributed by atoms with E-state index in [1.54, 1.807) is 12.1 Å². The molecule has 21 heavy (non-hydrogen) atoms. The lowest BCUT2D eigenvalue weighted by molar-refractivity contribution is -0.132. The normalized spacial score (nSPS) is 12.1. The fourth-order valence-corrected chi connectivity index (χ4v) is 1.43. The quantitative estimate of drug-likeness (QED) is 0.478. The first-order valence-corrected chi connectivity index (χ1v) is 6.54. The van der Waals surface area contributed by atoms with Crippen LogP contribution in [0.1, 0.15) is 6.42 Å². The number of guanidine groups is 1. The van der Waals surface area contributed by atoms with E-state index in [-0.39, 0.29) is 19.1 Å². The summed E-state index contributed by atoms with van der Waals surface area (Å²) in [5.74, 6) is 0.702. The molecule has 1 aromatic rings. The zero-order chi connectivity index (χ0) is 15.7. The van der Waals surface area contributed by atoms with Gasteiger partial charge in [0.15, 0.2) is 5.96 Å². The van der Waals surface area contributed by atoms with Crippen molar-refractivity contribution in [1.29, 1.82) is 0 Å².